The Morgan fingerprint density at radius 3 is 2.21 bits per heavy atom. The predicted molar refractivity (Wildman–Crippen MR) is 39.9 cm³/mol. The molecule has 1 heterocycles. The van der Waals surface area contributed by atoms with Gasteiger partial charge in [-0.1, -0.05) is 0 Å². The Balaban J connectivity index is 3.15. The van der Waals surface area contributed by atoms with Crippen LogP contribution in [0.5, 0.6) is 0 Å². The van der Waals surface area contributed by atoms with Crippen molar-refractivity contribution < 1.29 is 23.1 Å². The molecule has 0 fully saturated rings. The lowest BCUT2D eigenvalue weighted by Gasteiger charge is -2.05. The molecule has 0 spiro atoms. The Kier molecular flexibility index (Phi) is 2.63. The SMILES string of the molecule is NC(N)c1ccc(C(F)(F)F)[n+](O)c1. The summed E-state index contributed by atoms with van der Waals surface area (Å²) in [6, 6.07) is 1.82. The molecule has 0 aliphatic rings. The Hall–Kier alpha value is -1.34. The number of nitrogens with two attached hydrogens (primary N) is 2. The molecule has 0 saturated heterocycles. The molecule has 78 valence electrons. The van der Waals surface area contributed by atoms with E-state index in [9.17, 15) is 13.2 Å². The van der Waals surface area contributed by atoms with E-state index in [0.717, 1.165) is 12.3 Å². The van der Waals surface area contributed by atoms with E-state index < -0.39 is 18.0 Å². The minimum atomic E-state index is -4.61. The van der Waals surface area contributed by atoms with Crippen LogP contribution in [0.25, 0.3) is 0 Å². The molecule has 1 aromatic heterocycles. The highest BCUT2D eigenvalue weighted by molar-refractivity contribution is 5.13. The Morgan fingerprint density at radius 1 is 1.29 bits per heavy atom. The van der Waals surface area contributed by atoms with E-state index in [1.165, 1.54) is 0 Å². The van der Waals surface area contributed by atoms with E-state index in [1.807, 2.05) is 0 Å². The average molecular weight is 208 g/mol. The van der Waals surface area contributed by atoms with E-state index in [2.05, 4.69) is 0 Å². The van der Waals surface area contributed by atoms with Gasteiger partial charge in [0.05, 0.1) is 11.7 Å². The molecular formula is C7H9F3N3O+. The number of rotatable bonds is 1. The quantitative estimate of drug-likeness (QED) is 0.349. The fourth-order valence-electron chi connectivity index (χ4n) is 0.927. The molecule has 7 heteroatoms. The summed E-state index contributed by atoms with van der Waals surface area (Å²) >= 11 is 0. The van der Waals surface area contributed by atoms with Crippen LogP contribution in [0.2, 0.25) is 0 Å². The molecule has 0 radical (unpaired) electrons. The Bertz CT molecular complexity index is 337. The van der Waals surface area contributed by atoms with Crippen LogP contribution in [0.15, 0.2) is 18.3 Å². The highest BCUT2D eigenvalue weighted by Crippen LogP contribution is 2.26. The van der Waals surface area contributed by atoms with Crippen LogP contribution in [0.1, 0.15) is 17.4 Å². The van der Waals surface area contributed by atoms with Crippen LogP contribution < -0.4 is 16.2 Å². The van der Waals surface area contributed by atoms with Gasteiger partial charge in [0, 0.05) is 10.8 Å². The van der Waals surface area contributed by atoms with Gasteiger partial charge < -0.3 is 11.5 Å². The molecule has 0 aliphatic carbocycles. The summed E-state index contributed by atoms with van der Waals surface area (Å²) in [7, 11) is 0. The van der Waals surface area contributed by atoms with E-state index in [4.69, 9.17) is 16.7 Å². The van der Waals surface area contributed by atoms with Crippen molar-refractivity contribution in [1.29, 1.82) is 0 Å². The second kappa shape index (κ2) is 3.43. The summed E-state index contributed by atoms with van der Waals surface area (Å²) in [6.07, 6.45) is -4.70. The number of hydrogen-bond donors (Lipinski definition) is 3. The van der Waals surface area contributed by atoms with Gasteiger partial charge in [0.15, 0.2) is 0 Å². The fourth-order valence-corrected chi connectivity index (χ4v) is 0.927. The molecule has 0 aromatic carbocycles. The molecule has 0 atom stereocenters. The van der Waals surface area contributed by atoms with Crippen molar-refractivity contribution in [2.24, 2.45) is 11.5 Å². The molecule has 0 amide bonds. The number of alkyl halides is 3. The van der Waals surface area contributed by atoms with Crippen molar-refractivity contribution in [3.8, 4) is 0 Å². The fraction of sp³-hybridized carbons (Fsp3) is 0.286. The van der Waals surface area contributed by atoms with Gasteiger partial charge in [0.25, 0.3) is 0 Å². The lowest BCUT2D eigenvalue weighted by Crippen LogP contribution is -2.40. The number of pyridine rings is 1. The van der Waals surface area contributed by atoms with Gasteiger partial charge in [-0.15, -0.1) is 0 Å². The van der Waals surface area contributed by atoms with E-state index in [0.29, 0.717) is 6.07 Å². The minimum absolute atomic E-state index is 0.0396. The highest BCUT2D eigenvalue weighted by atomic mass is 19.4. The monoisotopic (exact) mass is 208 g/mol. The van der Waals surface area contributed by atoms with Gasteiger partial charge in [-0.2, -0.15) is 13.2 Å². The molecule has 0 aliphatic heterocycles. The third-order valence-electron chi connectivity index (χ3n) is 1.63. The number of hydrogen-bond acceptors (Lipinski definition) is 3. The predicted octanol–water partition coefficient (Wildman–Crippen LogP) is 0.146. The topological polar surface area (TPSA) is 76.2 Å². The highest BCUT2D eigenvalue weighted by Gasteiger charge is 2.42. The molecule has 5 N–H and O–H groups in total. The Morgan fingerprint density at radius 2 is 1.86 bits per heavy atom. The van der Waals surface area contributed by atoms with Gasteiger partial charge >= 0.3 is 11.9 Å². The summed E-state index contributed by atoms with van der Waals surface area (Å²) < 4.78 is 36.4. The minimum Gasteiger partial charge on any atom is -0.312 e. The molecular weight excluding hydrogens is 199 g/mol. The third-order valence-corrected chi connectivity index (χ3v) is 1.63. The lowest BCUT2D eigenvalue weighted by molar-refractivity contribution is -0.915. The second-order valence-corrected chi connectivity index (χ2v) is 2.72. The first-order chi connectivity index (χ1) is 6.32. The summed E-state index contributed by atoms with van der Waals surface area (Å²) in [5.41, 5.74) is 9.46. The number of aromatic nitrogens is 1. The molecule has 4 nitrogen and oxygen atoms in total. The molecule has 0 saturated carbocycles. The Labute approximate surface area is 77.5 Å². The summed E-state index contributed by atoms with van der Waals surface area (Å²) in [5, 5.41) is 8.96. The van der Waals surface area contributed by atoms with Gasteiger partial charge in [0.1, 0.15) is 0 Å². The molecule has 1 aromatic rings. The largest absolute Gasteiger partial charge is 0.482 e. The summed E-state index contributed by atoms with van der Waals surface area (Å²) in [4.78, 5) is 0. The van der Waals surface area contributed by atoms with Crippen molar-refractivity contribution in [3.05, 3.63) is 29.6 Å². The first-order valence-electron chi connectivity index (χ1n) is 3.65. The van der Waals surface area contributed by atoms with Crippen LogP contribution >= 0.6 is 0 Å². The van der Waals surface area contributed by atoms with Crippen LogP contribution in [0, 0.1) is 0 Å². The standard InChI is InChI=1S/C7H9F3N3O/c8-7(9,10)5-2-1-4(6(11)12)3-13(5)14/h1-3,6,14H,11-12H2/q+1. The van der Waals surface area contributed by atoms with Crippen molar-refractivity contribution in [2.45, 2.75) is 12.3 Å². The normalized spacial score (nSPS) is 12.1. The van der Waals surface area contributed by atoms with Crippen molar-refractivity contribution >= 4 is 0 Å². The van der Waals surface area contributed by atoms with E-state index in [-0.39, 0.29) is 10.3 Å². The molecule has 14 heavy (non-hydrogen) atoms. The molecule has 0 unspecified atom stereocenters. The zero-order valence-corrected chi connectivity index (χ0v) is 6.99. The first-order valence-corrected chi connectivity index (χ1v) is 3.65. The maximum atomic E-state index is 12.1. The van der Waals surface area contributed by atoms with Gasteiger partial charge in [-0.3, -0.25) is 5.21 Å². The van der Waals surface area contributed by atoms with Crippen molar-refractivity contribution in [1.82, 2.24) is 0 Å². The van der Waals surface area contributed by atoms with Gasteiger partial charge in [-0.05, 0) is 6.07 Å². The van der Waals surface area contributed by atoms with Crippen LogP contribution in [0.3, 0.4) is 0 Å². The number of nitrogens with zero attached hydrogens (tertiary/aromatic N) is 1. The van der Waals surface area contributed by atoms with Gasteiger partial charge in [0.2, 0.25) is 6.20 Å². The van der Waals surface area contributed by atoms with Crippen LogP contribution in [-0.2, 0) is 6.18 Å². The van der Waals surface area contributed by atoms with E-state index in [1.54, 1.807) is 0 Å². The van der Waals surface area contributed by atoms with Gasteiger partial charge in [-0.25, -0.2) is 0 Å². The lowest BCUT2D eigenvalue weighted by atomic mass is 10.2. The zero-order valence-electron chi connectivity index (χ0n) is 6.99. The summed E-state index contributed by atoms with van der Waals surface area (Å²) in [5.74, 6) is 0. The van der Waals surface area contributed by atoms with Crippen molar-refractivity contribution in [2.75, 3.05) is 0 Å². The zero-order chi connectivity index (χ0) is 10.9. The summed E-state index contributed by atoms with van der Waals surface area (Å²) in [6.45, 7) is 0. The smallest absolute Gasteiger partial charge is 0.312 e. The van der Waals surface area contributed by atoms with Crippen LogP contribution in [-0.4, -0.2) is 5.21 Å². The molecule has 0 bridgehead atoms. The third kappa shape index (κ3) is 2.12. The second-order valence-electron chi connectivity index (χ2n) is 2.72. The molecule has 1 rings (SSSR count). The maximum Gasteiger partial charge on any atom is 0.482 e. The first kappa shape index (κ1) is 10.7. The van der Waals surface area contributed by atoms with E-state index >= 15 is 0 Å². The van der Waals surface area contributed by atoms with Crippen LogP contribution in [0.4, 0.5) is 13.2 Å². The average Bonchev–Trinajstić information content (AvgIpc) is 2.01. The van der Waals surface area contributed by atoms with Crippen molar-refractivity contribution in [3.63, 3.8) is 0 Å². The maximum absolute atomic E-state index is 12.1. The number of halogens is 3.